The van der Waals surface area contributed by atoms with Crippen molar-refractivity contribution in [2.24, 2.45) is 0 Å². The van der Waals surface area contributed by atoms with Crippen LogP contribution in [0.15, 0.2) is 45.9 Å². The van der Waals surface area contributed by atoms with Crippen LogP contribution in [0.2, 0.25) is 0 Å². The van der Waals surface area contributed by atoms with E-state index in [2.05, 4.69) is 15.0 Å². The predicted octanol–water partition coefficient (Wildman–Crippen LogP) is 2.34. The number of nitrogen functional groups attached to an aromatic ring is 1. The Morgan fingerprint density at radius 2 is 1.97 bits per heavy atom. The minimum atomic E-state index is -3.89. The van der Waals surface area contributed by atoms with Gasteiger partial charge in [0.1, 0.15) is 5.82 Å². The molecule has 2 heterocycles. The largest absolute Gasteiger partial charge is 0.393 e. The zero-order chi connectivity index (χ0) is 21.5. The van der Waals surface area contributed by atoms with Crippen molar-refractivity contribution in [2.45, 2.75) is 43.8 Å². The van der Waals surface area contributed by atoms with Gasteiger partial charge in [0, 0.05) is 30.7 Å². The Labute approximate surface area is 173 Å². The Morgan fingerprint density at radius 1 is 1.20 bits per heavy atom. The molecule has 3 aromatic rings. The maximum Gasteiger partial charge on any atom is 0.262 e. The van der Waals surface area contributed by atoms with Crippen LogP contribution >= 0.6 is 0 Å². The number of anilines is 1. The van der Waals surface area contributed by atoms with Crippen molar-refractivity contribution in [3.05, 3.63) is 47.8 Å². The molecular formula is C20H22N4O5S. The summed E-state index contributed by atoms with van der Waals surface area (Å²) in [6, 6.07) is 8.32. The second-order valence-electron chi connectivity index (χ2n) is 7.42. The molecule has 1 aliphatic rings. The Kier molecular flexibility index (Phi) is 5.33. The molecule has 1 aromatic carbocycles. The molecule has 4 rings (SSSR count). The second-order valence-corrected chi connectivity index (χ2v) is 9.06. The van der Waals surface area contributed by atoms with Crippen LogP contribution in [0.25, 0.3) is 22.5 Å². The van der Waals surface area contributed by atoms with Gasteiger partial charge in [-0.25, -0.2) is 13.4 Å². The third-order valence-corrected chi connectivity index (χ3v) is 6.23. The lowest BCUT2D eigenvalue weighted by molar-refractivity contribution is -0.0901. The summed E-state index contributed by atoms with van der Waals surface area (Å²) in [6.07, 6.45) is 1.63. The molecule has 158 valence electrons. The summed E-state index contributed by atoms with van der Waals surface area (Å²) in [4.78, 5) is 11.6. The van der Waals surface area contributed by atoms with Gasteiger partial charge in [-0.15, -0.1) is 0 Å². The van der Waals surface area contributed by atoms with Gasteiger partial charge in [-0.2, -0.15) is 0 Å². The summed E-state index contributed by atoms with van der Waals surface area (Å²) in [6.45, 7) is 3.68. The molecule has 0 unspecified atom stereocenters. The third-order valence-electron chi connectivity index (χ3n) is 5.04. The van der Waals surface area contributed by atoms with Crippen LogP contribution in [0.4, 0.5) is 5.82 Å². The molecule has 10 heteroatoms. The van der Waals surface area contributed by atoms with E-state index >= 15 is 0 Å². The maximum atomic E-state index is 12.6. The number of aromatic nitrogens is 2. The first-order valence-electron chi connectivity index (χ1n) is 9.38. The summed E-state index contributed by atoms with van der Waals surface area (Å²) in [5, 5.41) is 13.2. The fourth-order valence-corrected chi connectivity index (χ4v) is 4.08. The molecule has 0 atom stereocenters. The van der Waals surface area contributed by atoms with Crippen LogP contribution in [0.5, 0.6) is 0 Å². The minimum Gasteiger partial charge on any atom is -0.393 e. The van der Waals surface area contributed by atoms with E-state index in [1.807, 2.05) is 6.92 Å². The number of sulfonamides is 1. The van der Waals surface area contributed by atoms with Crippen molar-refractivity contribution < 1.29 is 22.9 Å². The third kappa shape index (κ3) is 4.08. The lowest BCUT2D eigenvalue weighted by Gasteiger charge is -2.30. The SMILES string of the molecule is Cc1cc(-c2cc(-c3cc(S(=O)(=O)NOC4CC(O)C4)ccc3C)cnc2N)on1. The number of hydrogen-bond acceptors (Lipinski definition) is 8. The molecule has 0 saturated heterocycles. The molecule has 1 saturated carbocycles. The quantitative estimate of drug-likeness (QED) is 0.506. The summed E-state index contributed by atoms with van der Waals surface area (Å²) in [5.41, 5.74) is 9.52. The number of nitrogens with zero attached hydrogens (tertiary/aromatic N) is 2. The molecule has 0 spiro atoms. The highest BCUT2D eigenvalue weighted by atomic mass is 32.2. The lowest BCUT2D eigenvalue weighted by atomic mass is 9.93. The average Bonchev–Trinajstić information content (AvgIpc) is 3.11. The fourth-order valence-electron chi connectivity index (χ4n) is 3.20. The van der Waals surface area contributed by atoms with E-state index < -0.39 is 16.1 Å². The summed E-state index contributed by atoms with van der Waals surface area (Å²) in [7, 11) is -3.89. The normalized spacial score (nSPS) is 18.9. The van der Waals surface area contributed by atoms with Gasteiger partial charge in [-0.1, -0.05) is 16.1 Å². The molecule has 9 nitrogen and oxygen atoms in total. The standard InChI is InChI=1S/C20H22N4O5S/c1-11-3-4-16(30(26,27)24-28-15-7-14(25)8-15)9-17(11)13-6-18(20(21)22-10-13)19-5-12(2)23-29-19/h3-6,9-10,14-15,24-25H,7-8H2,1-2H3,(H2,21,22). The molecule has 0 radical (unpaired) electrons. The first kappa shape index (κ1) is 20.5. The van der Waals surface area contributed by atoms with Crippen molar-refractivity contribution in [3.8, 4) is 22.5 Å². The molecule has 4 N–H and O–H groups in total. The van der Waals surface area contributed by atoms with Crippen LogP contribution in [0, 0.1) is 13.8 Å². The number of hydrogen-bond donors (Lipinski definition) is 3. The van der Waals surface area contributed by atoms with Crippen LogP contribution in [-0.4, -0.2) is 35.9 Å². The Hall–Kier alpha value is -2.79. The highest BCUT2D eigenvalue weighted by molar-refractivity contribution is 7.89. The number of pyridine rings is 1. The Morgan fingerprint density at radius 3 is 2.63 bits per heavy atom. The molecule has 0 aliphatic heterocycles. The van der Waals surface area contributed by atoms with Crippen LogP contribution in [0.1, 0.15) is 24.1 Å². The monoisotopic (exact) mass is 430 g/mol. The van der Waals surface area contributed by atoms with Gasteiger partial charge in [0.2, 0.25) is 0 Å². The van der Waals surface area contributed by atoms with Gasteiger partial charge in [0.25, 0.3) is 10.0 Å². The van der Waals surface area contributed by atoms with Crippen molar-refractivity contribution in [3.63, 3.8) is 0 Å². The molecule has 30 heavy (non-hydrogen) atoms. The van der Waals surface area contributed by atoms with E-state index in [9.17, 15) is 13.5 Å². The molecule has 0 bridgehead atoms. The van der Waals surface area contributed by atoms with Crippen molar-refractivity contribution >= 4 is 15.8 Å². The molecule has 1 aliphatic carbocycles. The van der Waals surface area contributed by atoms with Crippen LogP contribution in [0.3, 0.4) is 0 Å². The first-order chi connectivity index (χ1) is 14.2. The van der Waals surface area contributed by atoms with Crippen molar-refractivity contribution in [1.82, 2.24) is 15.0 Å². The van der Waals surface area contributed by atoms with E-state index in [0.717, 1.165) is 5.56 Å². The number of aryl methyl sites for hydroxylation is 2. The van der Waals surface area contributed by atoms with Gasteiger partial charge in [0.05, 0.1) is 28.4 Å². The Bertz CT molecular complexity index is 1190. The molecular weight excluding hydrogens is 408 g/mol. The fraction of sp³-hybridized carbons (Fsp3) is 0.300. The number of nitrogens with one attached hydrogen (secondary N) is 1. The average molecular weight is 430 g/mol. The zero-order valence-corrected chi connectivity index (χ0v) is 17.3. The van der Waals surface area contributed by atoms with Gasteiger partial charge in [-0.05, 0) is 43.2 Å². The predicted molar refractivity (Wildman–Crippen MR) is 109 cm³/mol. The highest BCUT2D eigenvalue weighted by Crippen LogP contribution is 2.32. The maximum absolute atomic E-state index is 12.6. The van der Waals surface area contributed by atoms with Crippen LogP contribution in [-0.2, 0) is 14.9 Å². The number of nitrogens with two attached hydrogens (primary N) is 1. The molecule has 0 amide bonds. The van der Waals surface area contributed by atoms with E-state index in [1.54, 1.807) is 37.4 Å². The number of rotatable bonds is 6. The number of aliphatic hydroxyl groups is 1. The topological polar surface area (TPSA) is 141 Å². The molecule has 1 fully saturated rings. The van der Waals surface area contributed by atoms with Gasteiger partial charge in [-0.3, -0.25) is 4.84 Å². The van der Waals surface area contributed by atoms with E-state index in [1.165, 1.54) is 6.07 Å². The smallest absolute Gasteiger partial charge is 0.262 e. The summed E-state index contributed by atoms with van der Waals surface area (Å²) in [5.74, 6) is 0.771. The number of benzene rings is 1. The lowest BCUT2D eigenvalue weighted by Crippen LogP contribution is -2.40. The Balaban J connectivity index is 1.65. The summed E-state index contributed by atoms with van der Waals surface area (Å²) < 4.78 is 30.6. The van der Waals surface area contributed by atoms with E-state index in [0.29, 0.717) is 41.0 Å². The second kappa shape index (κ2) is 7.80. The van der Waals surface area contributed by atoms with Gasteiger partial charge >= 0.3 is 0 Å². The van der Waals surface area contributed by atoms with E-state index in [4.69, 9.17) is 15.1 Å². The minimum absolute atomic E-state index is 0.0526. The number of aliphatic hydroxyl groups excluding tert-OH is 1. The first-order valence-corrected chi connectivity index (χ1v) is 10.9. The van der Waals surface area contributed by atoms with Crippen LogP contribution < -0.4 is 10.6 Å². The summed E-state index contributed by atoms with van der Waals surface area (Å²) >= 11 is 0. The van der Waals surface area contributed by atoms with Crippen molar-refractivity contribution in [2.75, 3.05) is 5.73 Å². The van der Waals surface area contributed by atoms with Crippen molar-refractivity contribution in [1.29, 1.82) is 0 Å². The van der Waals surface area contributed by atoms with E-state index in [-0.39, 0.29) is 16.8 Å². The molecule has 2 aromatic heterocycles. The van der Waals surface area contributed by atoms with Gasteiger partial charge < -0.3 is 15.4 Å². The zero-order valence-electron chi connectivity index (χ0n) is 16.5. The van der Waals surface area contributed by atoms with Gasteiger partial charge in [0.15, 0.2) is 5.76 Å². The highest BCUT2D eigenvalue weighted by Gasteiger charge is 2.30.